The molecule has 0 heterocycles. The number of nitriles is 1. The van der Waals surface area contributed by atoms with Crippen molar-refractivity contribution in [2.24, 2.45) is 17.1 Å². The molecule has 0 rings (SSSR count). The minimum Gasteiger partial charge on any atom is -0.370 e. The van der Waals surface area contributed by atoms with Crippen LogP contribution in [0.5, 0.6) is 0 Å². The Morgan fingerprint density at radius 2 is 2.17 bits per heavy atom. The molecule has 0 radical (unpaired) electrons. The molecular weight excluding hydrogens is 152 g/mol. The number of carbonyl (C=O) groups is 1. The molecule has 0 saturated heterocycles. The minimum absolute atomic E-state index is 0.252. The zero-order valence-electron chi connectivity index (χ0n) is 7.92. The van der Waals surface area contributed by atoms with E-state index >= 15 is 0 Å². The number of nitrogens with two attached hydrogens (primary N) is 1. The molecule has 2 N–H and O–H groups in total. The molecule has 3 heteroatoms. The van der Waals surface area contributed by atoms with Crippen LogP contribution >= 0.6 is 0 Å². The molecule has 0 aromatic heterocycles. The SMILES string of the molecule is CC(C)C(C)(C#N)CCC(N)=O. The van der Waals surface area contributed by atoms with Gasteiger partial charge in [0.05, 0.1) is 11.5 Å². The van der Waals surface area contributed by atoms with E-state index in [4.69, 9.17) is 11.0 Å². The van der Waals surface area contributed by atoms with Crippen LogP contribution in [0.4, 0.5) is 0 Å². The molecule has 0 aliphatic heterocycles. The van der Waals surface area contributed by atoms with Gasteiger partial charge in [0.2, 0.25) is 5.91 Å². The van der Waals surface area contributed by atoms with Crippen LogP contribution in [0.25, 0.3) is 0 Å². The third-order valence-corrected chi connectivity index (χ3v) is 2.42. The fourth-order valence-electron chi connectivity index (χ4n) is 0.857. The number of rotatable bonds is 4. The van der Waals surface area contributed by atoms with Crippen molar-refractivity contribution in [3.8, 4) is 6.07 Å². The number of carbonyl (C=O) groups excluding carboxylic acids is 1. The molecule has 0 fully saturated rings. The molecule has 0 aromatic carbocycles. The Bertz CT molecular complexity index is 205. The average molecular weight is 168 g/mol. The van der Waals surface area contributed by atoms with E-state index in [1.807, 2.05) is 20.8 Å². The molecule has 0 aliphatic carbocycles. The van der Waals surface area contributed by atoms with Gasteiger partial charge in [-0.2, -0.15) is 5.26 Å². The summed E-state index contributed by atoms with van der Waals surface area (Å²) >= 11 is 0. The van der Waals surface area contributed by atoms with Crippen LogP contribution in [0.15, 0.2) is 0 Å². The van der Waals surface area contributed by atoms with Gasteiger partial charge in [-0.1, -0.05) is 13.8 Å². The van der Waals surface area contributed by atoms with Gasteiger partial charge in [0.1, 0.15) is 0 Å². The number of hydrogen-bond acceptors (Lipinski definition) is 2. The molecule has 1 atom stereocenters. The maximum atomic E-state index is 10.5. The van der Waals surface area contributed by atoms with Gasteiger partial charge in [-0.15, -0.1) is 0 Å². The average Bonchev–Trinajstić information content (AvgIpc) is 1.99. The molecule has 0 aliphatic rings. The molecule has 12 heavy (non-hydrogen) atoms. The third-order valence-electron chi connectivity index (χ3n) is 2.42. The first-order valence-electron chi connectivity index (χ1n) is 4.12. The second-order valence-electron chi connectivity index (χ2n) is 3.65. The predicted octanol–water partition coefficient (Wildman–Crippen LogP) is 1.44. The Morgan fingerprint density at radius 3 is 2.42 bits per heavy atom. The minimum atomic E-state index is -0.422. The maximum absolute atomic E-state index is 10.5. The normalized spacial score (nSPS) is 15.2. The Balaban J connectivity index is 4.18. The van der Waals surface area contributed by atoms with Crippen molar-refractivity contribution in [1.82, 2.24) is 0 Å². The second-order valence-corrected chi connectivity index (χ2v) is 3.65. The standard InChI is InChI=1S/C9H16N2O/c1-7(2)9(3,6-10)5-4-8(11)12/h7H,4-5H2,1-3H3,(H2,11,12). The van der Waals surface area contributed by atoms with Gasteiger partial charge in [-0.25, -0.2) is 0 Å². The molecule has 0 saturated carbocycles. The van der Waals surface area contributed by atoms with Gasteiger partial charge in [0, 0.05) is 6.42 Å². The fraction of sp³-hybridized carbons (Fsp3) is 0.778. The Labute approximate surface area is 73.6 Å². The van der Waals surface area contributed by atoms with E-state index in [0.717, 1.165) is 0 Å². The van der Waals surface area contributed by atoms with Crippen molar-refractivity contribution >= 4 is 5.91 Å². The van der Waals surface area contributed by atoms with Crippen LogP contribution in [0.1, 0.15) is 33.6 Å². The molecule has 3 nitrogen and oxygen atoms in total. The molecular formula is C9H16N2O. The van der Waals surface area contributed by atoms with E-state index < -0.39 is 5.41 Å². The van der Waals surface area contributed by atoms with Crippen molar-refractivity contribution in [2.75, 3.05) is 0 Å². The number of primary amides is 1. The summed E-state index contributed by atoms with van der Waals surface area (Å²) in [5, 5.41) is 8.87. The largest absolute Gasteiger partial charge is 0.370 e. The summed E-state index contributed by atoms with van der Waals surface area (Å²) in [6.45, 7) is 5.81. The van der Waals surface area contributed by atoms with Crippen molar-refractivity contribution < 1.29 is 4.79 Å². The van der Waals surface area contributed by atoms with E-state index in [-0.39, 0.29) is 11.8 Å². The molecule has 1 unspecified atom stereocenters. The van der Waals surface area contributed by atoms with Crippen molar-refractivity contribution in [2.45, 2.75) is 33.6 Å². The molecule has 0 spiro atoms. The topological polar surface area (TPSA) is 66.9 Å². The Hall–Kier alpha value is -1.04. The smallest absolute Gasteiger partial charge is 0.217 e. The van der Waals surface area contributed by atoms with Crippen molar-refractivity contribution in [1.29, 1.82) is 5.26 Å². The second kappa shape index (κ2) is 4.10. The first-order chi connectivity index (χ1) is 5.42. The number of amides is 1. The lowest BCUT2D eigenvalue weighted by Gasteiger charge is -2.24. The van der Waals surface area contributed by atoms with E-state index in [0.29, 0.717) is 12.8 Å². The van der Waals surface area contributed by atoms with Crippen molar-refractivity contribution in [3.05, 3.63) is 0 Å². The highest BCUT2D eigenvalue weighted by atomic mass is 16.1. The van der Waals surface area contributed by atoms with Gasteiger partial charge < -0.3 is 5.73 Å². The quantitative estimate of drug-likeness (QED) is 0.690. The van der Waals surface area contributed by atoms with Crippen LogP contribution < -0.4 is 5.73 Å². The first kappa shape index (κ1) is 11.0. The lowest BCUT2D eigenvalue weighted by molar-refractivity contribution is -0.118. The maximum Gasteiger partial charge on any atom is 0.217 e. The van der Waals surface area contributed by atoms with Gasteiger partial charge in [-0.3, -0.25) is 4.79 Å². The van der Waals surface area contributed by atoms with Crippen LogP contribution in [-0.4, -0.2) is 5.91 Å². The summed E-state index contributed by atoms with van der Waals surface area (Å²) in [4.78, 5) is 10.5. The molecule has 0 aromatic rings. The summed E-state index contributed by atoms with van der Waals surface area (Å²) in [6.07, 6.45) is 0.846. The van der Waals surface area contributed by atoms with Crippen LogP contribution in [-0.2, 0) is 4.79 Å². The highest BCUT2D eigenvalue weighted by molar-refractivity contribution is 5.73. The highest BCUT2D eigenvalue weighted by Crippen LogP contribution is 2.30. The zero-order valence-corrected chi connectivity index (χ0v) is 7.92. The predicted molar refractivity (Wildman–Crippen MR) is 47.0 cm³/mol. The Morgan fingerprint density at radius 1 is 1.67 bits per heavy atom. The lowest BCUT2D eigenvalue weighted by Crippen LogP contribution is -2.24. The fourth-order valence-corrected chi connectivity index (χ4v) is 0.857. The van der Waals surface area contributed by atoms with Crippen LogP contribution in [0.3, 0.4) is 0 Å². The van der Waals surface area contributed by atoms with E-state index in [9.17, 15) is 4.79 Å². The Kier molecular flexibility index (Phi) is 3.75. The summed E-state index contributed by atoms with van der Waals surface area (Å²) in [7, 11) is 0. The molecule has 68 valence electrons. The van der Waals surface area contributed by atoms with Gasteiger partial charge in [0.25, 0.3) is 0 Å². The van der Waals surface area contributed by atoms with E-state index in [1.54, 1.807) is 0 Å². The lowest BCUT2D eigenvalue weighted by atomic mass is 9.77. The number of nitrogens with zero attached hydrogens (tertiary/aromatic N) is 1. The van der Waals surface area contributed by atoms with Gasteiger partial charge >= 0.3 is 0 Å². The summed E-state index contributed by atoms with van der Waals surface area (Å²) in [5.41, 5.74) is 4.58. The van der Waals surface area contributed by atoms with E-state index in [2.05, 4.69) is 6.07 Å². The van der Waals surface area contributed by atoms with Crippen LogP contribution in [0.2, 0.25) is 0 Å². The number of hydrogen-bond donors (Lipinski definition) is 1. The van der Waals surface area contributed by atoms with E-state index in [1.165, 1.54) is 0 Å². The zero-order chi connectivity index (χ0) is 9.78. The molecule has 0 bridgehead atoms. The monoisotopic (exact) mass is 168 g/mol. The summed E-state index contributed by atoms with van der Waals surface area (Å²) < 4.78 is 0. The first-order valence-corrected chi connectivity index (χ1v) is 4.12. The van der Waals surface area contributed by atoms with Gasteiger partial charge in [-0.05, 0) is 19.3 Å². The highest BCUT2D eigenvalue weighted by Gasteiger charge is 2.28. The summed E-state index contributed by atoms with van der Waals surface area (Å²) in [5.74, 6) is -0.0843. The van der Waals surface area contributed by atoms with Crippen LogP contribution in [0, 0.1) is 22.7 Å². The summed E-state index contributed by atoms with van der Waals surface area (Å²) in [6, 6.07) is 2.23. The van der Waals surface area contributed by atoms with Gasteiger partial charge in [0.15, 0.2) is 0 Å². The molecule has 1 amide bonds. The third kappa shape index (κ3) is 2.91. The van der Waals surface area contributed by atoms with Crippen molar-refractivity contribution in [3.63, 3.8) is 0 Å².